The molecule has 0 bridgehead atoms. The van der Waals surface area contributed by atoms with Crippen LogP contribution in [0.25, 0.3) is 0 Å². The predicted octanol–water partition coefficient (Wildman–Crippen LogP) is 5.96. The van der Waals surface area contributed by atoms with Crippen molar-refractivity contribution >= 4 is 23.7 Å². The minimum atomic E-state index is -2.45. The van der Waals surface area contributed by atoms with Crippen LogP contribution in [0.3, 0.4) is 0 Å². The molecule has 0 radical (unpaired) electrons. The van der Waals surface area contributed by atoms with E-state index in [0.29, 0.717) is 38.5 Å². The van der Waals surface area contributed by atoms with E-state index in [0.717, 1.165) is 43.1 Å². The average molecular weight is 639 g/mol. The van der Waals surface area contributed by atoms with E-state index in [2.05, 4.69) is 4.98 Å². The largest absolute Gasteiger partial charge is 0.463 e. The Bertz CT molecular complexity index is 1150. The summed E-state index contributed by atoms with van der Waals surface area (Å²) in [6.07, 6.45) is 2.47. The van der Waals surface area contributed by atoms with Crippen LogP contribution >= 0.6 is 0 Å². The highest BCUT2D eigenvalue weighted by Gasteiger charge is 2.52. The first-order valence-electron chi connectivity index (χ1n) is 17.3. The quantitative estimate of drug-likeness (QED) is 0.0931. The molecule has 12 nitrogen and oxygen atoms in total. The van der Waals surface area contributed by atoms with E-state index in [1.807, 2.05) is 41.5 Å². The maximum Gasteiger partial charge on any atom is 0.351 e. The van der Waals surface area contributed by atoms with Gasteiger partial charge in [-0.1, -0.05) is 80.1 Å². The summed E-state index contributed by atoms with van der Waals surface area (Å²) in [4.78, 5) is 57.2. The monoisotopic (exact) mass is 638 g/mol. The number of nitrogens with one attached hydrogen (secondary N) is 1. The molecule has 0 aliphatic carbocycles. The second kappa shape index (κ2) is 20.2. The molecule has 0 aromatic carbocycles. The first kappa shape index (κ1) is 36.5. The van der Waals surface area contributed by atoms with E-state index in [9.17, 15) is 25.8 Å². The zero-order valence-corrected chi connectivity index (χ0v) is 27.9. The lowest BCUT2D eigenvalue weighted by atomic mass is 9.97. The van der Waals surface area contributed by atoms with Crippen molar-refractivity contribution in [3.63, 3.8) is 0 Å². The van der Waals surface area contributed by atoms with Gasteiger partial charge in [-0.25, -0.2) is 4.79 Å². The number of esters is 3. The van der Waals surface area contributed by atoms with Crippen molar-refractivity contribution in [1.29, 1.82) is 0 Å². The van der Waals surface area contributed by atoms with E-state index in [1.54, 1.807) is 5.48 Å². The Kier molecular flexibility index (Phi) is 16.4. The van der Waals surface area contributed by atoms with E-state index in [4.69, 9.17) is 18.9 Å². The van der Waals surface area contributed by atoms with Crippen molar-refractivity contribution in [2.45, 2.75) is 143 Å². The maximum atomic E-state index is 13.6. The normalized spacial score (nSPS) is 21.6. The molecule has 4 atom stereocenters. The highest BCUT2D eigenvalue weighted by atomic mass is 16.7. The van der Waals surface area contributed by atoms with Gasteiger partial charge < -0.3 is 18.9 Å². The van der Waals surface area contributed by atoms with Crippen LogP contribution in [-0.2, 0) is 33.3 Å². The predicted molar refractivity (Wildman–Crippen MR) is 168 cm³/mol. The number of aromatic nitrogens is 2. The van der Waals surface area contributed by atoms with Crippen molar-refractivity contribution in [2.75, 3.05) is 12.1 Å². The lowest BCUT2D eigenvalue weighted by Gasteiger charge is -2.28. The van der Waals surface area contributed by atoms with Gasteiger partial charge in [-0.2, -0.15) is 4.98 Å². The van der Waals surface area contributed by atoms with Gasteiger partial charge in [0.05, 0.1) is 19.1 Å². The Morgan fingerprint density at radius 1 is 0.844 bits per heavy atom. The minimum absolute atomic E-state index is 0.171. The third kappa shape index (κ3) is 11.1. The fraction of sp³-hybridized carbons (Fsp3) is 0.788. The molecular weight excluding hydrogens is 582 g/mol. The van der Waals surface area contributed by atoms with Gasteiger partial charge in [0.2, 0.25) is 0 Å². The van der Waals surface area contributed by atoms with Gasteiger partial charge in [0.25, 0.3) is 0 Å². The molecule has 1 aliphatic rings. The molecule has 2 heterocycles. The molecule has 0 unspecified atom stereocenters. The maximum absolute atomic E-state index is 13.6. The number of ether oxygens (including phenoxy) is 4. The number of carbonyl (C=O) groups is 3. The lowest BCUT2D eigenvalue weighted by molar-refractivity contribution is -0.175. The van der Waals surface area contributed by atoms with Gasteiger partial charge in [0, 0.05) is 6.20 Å². The van der Waals surface area contributed by atoms with Crippen LogP contribution in [0, 0.1) is 17.8 Å². The number of carbonyl (C=O) groups excluding carboxylic acids is 3. The fourth-order valence-corrected chi connectivity index (χ4v) is 5.80. The summed E-state index contributed by atoms with van der Waals surface area (Å²) in [7, 11) is 0. The number of hydrogen-bond donors (Lipinski definition) is 2. The summed E-state index contributed by atoms with van der Waals surface area (Å²) in [6, 6.07) is 1.24. The molecule has 1 aromatic rings. The molecule has 0 spiro atoms. The van der Waals surface area contributed by atoms with E-state index in [-0.39, 0.29) is 11.7 Å². The highest BCUT2D eigenvalue weighted by molar-refractivity contribution is 5.74. The van der Waals surface area contributed by atoms with E-state index in [1.165, 1.54) is 12.3 Å². The summed E-state index contributed by atoms with van der Waals surface area (Å²) < 4.78 is 34.2. The Labute approximate surface area is 268 Å². The Balaban J connectivity index is 2.63. The van der Waals surface area contributed by atoms with Crippen LogP contribution in [0.15, 0.2) is 17.1 Å². The molecular formula is C33H55N3O9. The van der Waals surface area contributed by atoms with E-state index >= 15 is 0 Å². The van der Waals surface area contributed by atoms with Crippen molar-refractivity contribution in [3.05, 3.63) is 22.7 Å². The first-order chi connectivity index (χ1) is 22.0. The van der Waals surface area contributed by atoms with Crippen LogP contribution < -0.4 is 11.2 Å². The third-order valence-corrected chi connectivity index (χ3v) is 8.04. The summed E-state index contributed by atoms with van der Waals surface area (Å²) in [6.45, 7) is 11.4. The molecule has 1 saturated heterocycles. The fourth-order valence-electron chi connectivity index (χ4n) is 5.80. The van der Waals surface area contributed by atoms with Crippen LogP contribution in [0.1, 0.15) is 126 Å². The van der Waals surface area contributed by atoms with Gasteiger partial charge >= 0.3 is 23.6 Å². The molecule has 1 aliphatic heterocycles. The number of anilines is 1. The van der Waals surface area contributed by atoms with Gasteiger partial charge in [0.1, 0.15) is 12.7 Å². The van der Waals surface area contributed by atoms with Crippen LogP contribution in [-0.4, -0.2) is 57.6 Å². The first-order valence-corrected chi connectivity index (χ1v) is 16.8. The van der Waals surface area contributed by atoms with Crippen molar-refractivity contribution < 1.29 is 39.9 Å². The molecule has 256 valence electrons. The number of nitrogens with zero attached hydrogens (tertiary/aromatic N) is 2. The zero-order valence-electron chi connectivity index (χ0n) is 28.9. The standard InChI is InChI=1S/C33H55N3O9/c1-7-13-22(14-8-2)30(37)42-21-25-27(44-31(38)23(15-9-3)16-10-4)28(45-32(39)24(17-11-5)18-12-6)29(43-25)36-20-19-26(35-41)34-33(36)40/h19-20,22-25,27-29,41H,7-18,21H2,1-6H3,(H,34,35,40)/t25-,27-,28-,29-/m1/s1/i29D. The number of hydrogen-bond acceptors (Lipinski definition) is 11. The summed E-state index contributed by atoms with van der Waals surface area (Å²) in [5.74, 6) is -3.02. The molecule has 45 heavy (non-hydrogen) atoms. The van der Waals surface area contributed by atoms with Gasteiger partial charge in [-0.15, -0.1) is 0 Å². The highest BCUT2D eigenvalue weighted by Crippen LogP contribution is 2.36. The smallest absolute Gasteiger partial charge is 0.351 e. The second-order valence-electron chi connectivity index (χ2n) is 11.8. The van der Waals surface area contributed by atoms with Crippen molar-refractivity contribution in [2.24, 2.45) is 17.8 Å². The van der Waals surface area contributed by atoms with Gasteiger partial charge in [-0.05, 0) is 44.6 Å². The Hall–Kier alpha value is -2.99. The summed E-state index contributed by atoms with van der Waals surface area (Å²) in [5, 5.41) is 9.27. The molecule has 1 aromatic heterocycles. The molecule has 0 amide bonds. The number of rotatable bonds is 21. The lowest BCUT2D eigenvalue weighted by Crippen LogP contribution is -2.44. The zero-order chi connectivity index (χ0) is 34.3. The third-order valence-electron chi connectivity index (χ3n) is 8.04. The van der Waals surface area contributed by atoms with Crippen LogP contribution in [0.2, 0.25) is 0 Å². The van der Waals surface area contributed by atoms with Crippen LogP contribution in [0.5, 0.6) is 0 Å². The molecule has 0 saturated carbocycles. The van der Waals surface area contributed by atoms with Crippen molar-refractivity contribution in [3.8, 4) is 0 Å². The van der Waals surface area contributed by atoms with Crippen molar-refractivity contribution in [1.82, 2.24) is 9.55 Å². The molecule has 2 rings (SSSR count). The Morgan fingerprint density at radius 3 is 1.71 bits per heavy atom. The topological polar surface area (TPSA) is 155 Å². The SMILES string of the molecule is [2H][C@@]1(n2ccc(NO)nc2=O)O[C@H](COC(=O)C(CCC)CCC)[C@@H](OC(=O)C(CCC)CCC)[C@H]1OC(=O)C(CCC)CCC. The van der Waals surface area contributed by atoms with Gasteiger partial charge in [-0.3, -0.25) is 29.6 Å². The molecule has 12 heteroatoms. The summed E-state index contributed by atoms with van der Waals surface area (Å²) >= 11 is 0. The minimum Gasteiger partial charge on any atom is -0.463 e. The van der Waals surface area contributed by atoms with E-state index < -0.39 is 66.6 Å². The second-order valence-corrected chi connectivity index (χ2v) is 11.8. The van der Waals surface area contributed by atoms with Crippen LogP contribution in [0.4, 0.5) is 5.82 Å². The molecule has 1 fully saturated rings. The Morgan fingerprint density at radius 2 is 1.29 bits per heavy atom. The average Bonchev–Trinajstić information content (AvgIpc) is 3.29. The summed E-state index contributed by atoms with van der Waals surface area (Å²) in [5.41, 5.74) is 0.801. The molecule has 2 N–H and O–H groups in total. The van der Waals surface area contributed by atoms with Gasteiger partial charge in [0.15, 0.2) is 24.2 Å².